The van der Waals surface area contributed by atoms with E-state index in [4.69, 9.17) is 11.6 Å². The molecule has 0 saturated carbocycles. The van der Waals surface area contributed by atoms with Gasteiger partial charge in [0.05, 0.1) is 6.10 Å². The summed E-state index contributed by atoms with van der Waals surface area (Å²) in [6.07, 6.45) is 0.186. The summed E-state index contributed by atoms with van der Waals surface area (Å²) in [5.74, 6) is 0. The molecule has 0 aromatic heterocycles. The first-order valence-electron chi connectivity index (χ1n) is 6.58. The van der Waals surface area contributed by atoms with E-state index in [0.29, 0.717) is 11.6 Å². The Morgan fingerprint density at radius 2 is 2.15 bits per heavy atom. The molecular weight excluding hydrogens is 278 g/mol. The number of rotatable bonds is 6. The molecule has 0 unspecified atom stereocenters. The standard InChI is InChI=1S/C14H22ClN3O2/c1-4-10-7-11(15)5-6-13(10)17-14(20)16-8-12(19)9-18(2)3/h5-7,12,19H,4,8-9H2,1-3H3,(H2,16,17,20)/t12-/m0/s1. The lowest BCUT2D eigenvalue weighted by atomic mass is 10.1. The molecule has 20 heavy (non-hydrogen) atoms. The zero-order valence-electron chi connectivity index (χ0n) is 12.1. The summed E-state index contributed by atoms with van der Waals surface area (Å²) < 4.78 is 0. The van der Waals surface area contributed by atoms with Gasteiger partial charge in [-0.1, -0.05) is 18.5 Å². The van der Waals surface area contributed by atoms with E-state index in [2.05, 4.69) is 10.6 Å². The Morgan fingerprint density at radius 3 is 2.75 bits per heavy atom. The highest BCUT2D eigenvalue weighted by Gasteiger charge is 2.09. The summed E-state index contributed by atoms with van der Waals surface area (Å²) in [6, 6.07) is 5.01. The Hall–Kier alpha value is -1.30. The first-order valence-corrected chi connectivity index (χ1v) is 6.96. The predicted octanol–water partition coefficient (Wildman–Crippen LogP) is 1.95. The van der Waals surface area contributed by atoms with Crippen molar-refractivity contribution in [3.8, 4) is 0 Å². The monoisotopic (exact) mass is 299 g/mol. The fourth-order valence-electron chi connectivity index (χ4n) is 1.84. The number of halogens is 1. The van der Waals surface area contributed by atoms with Crippen molar-refractivity contribution < 1.29 is 9.90 Å². The number of likely N-dealkylation sites (N-methyl/N-ethyl adjacent to an activating group) is 1. The van der Waals surface area contributed by atoms with Crippen LogP contribution in [0, 0.1) is 0 Å². The maximum absolute atomic E-state index is 11.8. The molecule has 5 nitrogen and oxygen atoms in total. The maximum Gasteiger partial charge on any atom is 0.319 e. The van der Waals surface area contributed by atoms with Crippen LogP contribution in [0.3, 0.4) is 0 Å². The first-order chi connectivity index (χ1) is 9.42. The highest BCUT2D eigenvalue weighted by atomic mass is 35.5. The van der Waals surface area contributed by atoms with Crippen LogP contribution in [0.4, 0.5) is 10.5 Å². The van der Waals surface area contributed by atoms with Gasteiger partial charge in [0.25, 0.3) is 0 Å². The van der Waals surface area contributed by atoms with Crippen molar-refractivity contribution in [2.24, 2.45) is 0 Å². The molecule has 1 rings (SSSR count). The lowest BCUT2D eigenvalue weighted by Crippen LogP contribution is -2.39. The number of nitrogens with zero attached hydrogens (tertiary/aromatic N) is 1. The molecule has 6 heteroatoms. The van der Waals surface area contributed by atoms with Gasteiger partial charge in [-0.2, -0.15) is 0 Å². The number of aryl methyl sites for hydroxylation is 1. The Balaban J connectivity index is 2.50. The van der Waals surface area contributed by atoms with Crippen LogP contribution in [0.1, 0.15) is 12.5 Å². The van der Waals surface area contributed by atoms with E-state index in [1.807, 2.05) is 32.0 Å². The van der Waals surface area contributed by atoms with Gasteiger partial charge < -0.3 is 20.6 Å². The summed E-state index contributed by atoms with van der Waals surface area (Å²) in [6.45, 7) is 2.70. The number of carbonyl (C=O) groups is 1. The molecule has 1 aromatic carbocycles. The van der Waals surface area contributed by atoms with Crippen molar-refractivity contribution in [2.75, 3.05) is 32.5 Å². The fraction of sp³-hybridized carbons (Fsp3) is 0.500. The van der Waals surface area contributed by atoms with E-state index >= 15 is 0 Å². The smallest absolute Gasteiger partial charge is 0.319 e. The number of hydrogen-bond donors (Lipinski definition) is 3. The van der Waals surface area contributed by atoms with E-state index in [1.54, 1.807) is 12.1 Å². The second-order valence-corrected chi connectivity index (χ2v) is 5.34. The van der Waals surface area contributed by atoms with Gasteiger partial charge in [0, 0.05) is 23.8 Å². The summed E-state index contributed by atoms with van der Waals surface area (Å²) >= 11 is 5.92. The number of anilines is 1. The quantitative estimate of drug-likeness (QED) is 0.752. The van der Waals surface area contributed by atoms with Crippen molar-refractivity contribution >= 4 is 23.3 Å². The number of benzene rings is 1. The lowest BCUT2D eigenvalue weighted by molar-refractivity contribution is 0.136. The molecule has 0 saturated heterocycles. The van der Waals surface area contributed by atoms with Gasteiger partial charge in [0.1, 0.15) is 0 Å². The van der Waals surface area contributed by atoms with Crippen LogP contribution in [0.15, 0.2) is 18.2 Å². The van der Waals surface area contributed by atoms with Crippen molar-refractivity contribution in [1.82, 2.24) is 10.2 Å². The molecule has 0 aliphatic heterocycles. The van der Waals surface area contributed by atoms with Crippen LogP contribution in [0.5, 0.6) is 0 Å². The molecular formula is C14H22ClN3O2. The second-order valence-electron chi connectivity index (χ2n) is 4.91. The summed E-state index contributed by atoms with van der Waals surface area (Å²) in [4.78, 5) is 13.6. The van der Waals surface area contributed by atoms with E-state index in [1.165, 1.54) is 0 Å². The van der Waals surface area contributed by atoms with Gasteiger partial charge in [-0.3, -0.25) is 0 Å². The molecule has 1 atom stereocenters. The van der Waals surface area contributed by atoms with Gasteiger partial charge in [-0.25, -0.2) is 4.79 Å². The van der Waals surface area contributed by atoms with Gasteiger partial charge >= 0.3 is 6.03 Å². The number of urea groups is 1. The van der Waals surface area contributed by atoms with Crippen molar-refractivity contribution in [3.63, 3.8) is 0 Å². The summed E-state index contributed by atoms with van der Waals surface area (Å²) in [5, 5.41) is 15.7. The van der Waals surface area contributed by atoms with E-state index in [0.717, 1.165) is 17.7 Å². The summed E-state index contributed by atoms with van der Waals surface area (Å²) in [7, 11) is 3.73. The van der Waals surface area contributed by atoms with Crippen molar-refractivity contribution in [2.45, 2.75) is 19.4 Å². The number of aliphatic hydroxyl groups excluding tert-OH is 1. The lowest BCUT2D eigenvalue weighted by Gasteiger charge is -2.17. The van der Waals surface area contributed by atoms with Crippen LogP contribution in [0.2, 0.25) is 5.02 Å². The molecule has 0 aliphatic carbocycles. The molecule has 3 N–H and O–H groups in total. The van der Waals surface area contributed by atoms with Crippen molar-refractivity contribution in [1.29, 1.82) is 0 Å². The molecule has 2 amide bonds. The zero-order valence-corrected chi connectivity index (χ0v) is 12.9. The Morgan fingerprint density at radius 1 is 1.45 bits per heavy atom. The van der Waals surface area contributed by atoms with Gasteiger partial charge in [-0.05, 0) is 44.3 Å². The molecule has 0 radical (unpaired) electrons. The third-order valence-corrected chi connectivity index (χ3v) is 3.01. The number of amides is 2. The largest absolute Gasteiger partial charge is 0.390 e. The molecule has 0 fully saturated rings. The van der Waals surface area contributed by atoms with E-state index < -0.39 is 6.10 Å². The van der Waals surface area contributed by atoms with Gasteiger partial charge in [-0.15, -0.1) is 0 Å². The SMILES string of the molecule is CCc1cc(Cl)ccc1NC(=O)NC[C@H](O)CN(C)C. The average molecular weight is 300 g/mol. The minimum Gasteiger partial charge on any atom is -0.390 e. The fourth-order valence-corrected chi connectivity index (χ4v) is 2.03. The van der Waals surface area contributed by atoms with Gasteiger partial charge in [0.15, 0.2) is 0 Å². The first kappa shape index (κ1) is 16.8. The average Bonchev–Trinajstić information content (AvgIpc) is 2.37. The normalized spacial score (nSPS) is 12.3. The summed E-state index contributed by atoms with van der Waals surface area (Å²) in [5.41, 5.74) is 1.71. The van der Waals surface area contributed by atoms with E-state index in [9.17, 15) is 9.90 Å². The molecule has 0 spiro atoms. The topological polar surface area (TPSA) is 64.6 Å². The molecule has 0 bridgehead atoms. The Bertz CT molecular complexity index is 452. The van der Waals surface area contributed by atoms with E-state index in [-0.39, 0.29) is 12.6 Å². The van der Waals surface area contributed by atoms with Crippen LogP contribution in [-0.4, -0.2) is 49.3 Å². The maximum atomic E-state index is 11.8. The number of hydrogen-bond acceptors (Lipinski definition) is 3. The minimum atomic E-state index is -0.591. The molecule has 112 valence electrons. The van der Waals surface area contributed by atoms with Crippen LogP contribution >= 0.6 is 11.6 Å². The van der Waals surface area contributed by atoms with Crippen LogP contribution in [0.25, 0.3) is 0 Å². The zero-order chi connectivity index (χ0) is 15.1. The third kappa shape index (κ3) is 5.77. The Kier molecular flexibility index (Phi) is 6.78. The number of aliphatic hydroxyl groups is 1. The van der Waals surface area contributed by atoms with Crippen LogP contribution in [-0.2, 0) is 6.42 Å². The second kappa shape index (κ2) is 8.09. The number of carbonyl (C=O) groups excluding carboxylic acids is 1. The Labute approximate surface area is 124 Å². The minimum absolute atomic E-state index is 0.207. The highest BCUT2D eigenvalue weighted by Crippen LogP contribution is 2.20. The molecule has 0 aliphatic rings. The third-order valence-electron chi connectivity index (χ3n) is 2.77. The van der Waals surface area contributed by atoms with Crippen molar-refractivity contribution in [3.05, 3.63) is 28.8 Å². The highest BCUT2D eigenvalue weighted by molar-refractivity contribution is 6.30. The van der Waals surface area contributed by atoms with Crippen LogP contribution < -0.4 is 10.6 Å². The van der Waals surface area contributed by atoms with Gasteiger partial charge in [0.2, 0.25) is 0 Å². The molecule has 1 aromatic rings. The molecule has 0 heterocycles. The number of nitrogens with one attached hydrogen (secondary N) is 2. The predicted molar refractivity (Wildman–Crippen MR) is 82.4 cm³/mol.